The zero-order valence-electron chi connectivity index (χ0n) is 13.1. The fourth-order valence-electron chi connectivity index (χ4n) is 3.20. The highest BCUT2D eigenvalue weighted by atomic mass is 35.5. The maximum atomic E-state index is 12.6. The van der Waals surface area contributed by atoms with Crippen molar-refractivity contribution in [3.05, 3.63) is 64.1 Å². The third kappa shape index (κ3) is 2.92. The number of likely N-dealkylation sites (tertiary alicyclic amines) is 1. The minimum Gasteiger partial charge on any atom is -0.339 e. The highest BCUT2D eigenvalue weighted by Gasteiger charge is 2.27. The standard InChI is InChI=1S/C19H17ClN2OS/c20-15-6-2-1-5-14(15)19(23)22-11-9-13(10-12-22)18-21-16-7-3-4-8-17(16)24-18/h1-8,13H,9-12H2. The number of aromatic nitrogens is 1. The van der Waals surface area contributed by atoms with Crippen LogP contribution in [0.4, 0.5) is 0 Å². The minimum atomic E-state index is 0.0309. The summed E-state index contributed by atoms with van der Waals surface area (Å²) in [6.45, 7) is 1.51. The molecule has 4 rings (SSSR count). The summed E-state index contributed by atoms with van der Waals surface area (Å²) in [5, 5.41) is 1.72. The molecule has 1 saturated heterocycles. The van der Waals surface area contributed by atoms with Crippen LogP contribution in [-0.4, -0.2) is 28.9 Å². The molecule has 1 fully saturated rings. The van der Waals surface area contributed by atoms with Crippen LogP contribution in [0.25, 0.3) is 10.2 Å². The molecule has 1 amide bonds. The van der Waals surface area contributed by atoms with E-state index in [1.54, 1.807) is 23.5 Å². The molecule has 0 unspecified atom stereocenters. The predicted octanol–water partition coefficient (Wildman–Crippen LogP) is 4.97. The first-order chi connectivity index (χ1) is 11.7. The van der Waals surface area contributed by atoms with E-state index in [1.165, 1.54) is 9.71 Å². The Labute approximate surface area is 149 Å². The van der Waals surface area contributed by atoms with E-state index < -0.39 is 0 Å². The second kappa shape index (κ2) is 6.54. The Bertz CT molecular complexity index is 851. The van der Waals surface area contributed by atoms with E-state index in [0.29, 0.717) is 16.5 Å². The van der Waals surface area contributed by atoms with E-state index in [9.17, 15) is 4.79 Å². The van der Waals surface area contributed by atoms with Gasteiger partial charge < -0.3 is 4.90 Å². The van der Waals surface area contributed by atoms with Gasteiger partial charge in [0.1, 0.15) is 0 Å². The summed E-state index contributed by atoms with van der Waals surface area (Å²) in [5.74, 6) is 0.473. The summed E-state index contributed by atoms with van der Waals surface area (Å²) in [5.41, 5.74) is 1.67. The lowest BCUT2D eigenvalue weighted by atomic mass is 9.97. The maximum Gasteiger partial charge on any atom is 0.255 e. The second-order valence-corrected chi connectivity index (χ2v) is 7.54. The van der Waals surface area contributed by atoms with Gasteiger partial charge in [-0.25, -0.2) is 4.98 Å². The molecule has 5 heteroatoms. The Morgan fingerprint density at radius 1 is 1.08 bits per heavy atom. The first-order valence-corrected chi connectivity index (χ1v) is 9.31. The molecular weight excluding hydrogens is 340 g/mol. The van der Waals surface area contributed by atoms with Gasteiger partial charge in [0.05, 0.1) is 25.8 Å². The first kappa shape index (κ1) is 15.6. The topological polar surface area (TPSA) is 33.2 Å². The maximum absolute atomic E-state index is 12.6. The van der Waals surface area contributed by atoms with Crippen molar-refractivity contribution in [2.45, 2.75) is 18.8 Å². The largest absolute Gasteiger partial charge is 0.339 e. The molecule has 24 heavy (non-hydrogen) atoms. The van der Waals surface area contributed by atoms with Crippen LogP contribution in [0, 0.1) is 0 Å². The molecule has 0 atom stereocenters. The smallest absolute Gasteiger partial charge is 0.255 e. The Morgan fingerprint density at radius 2 is 1.79 bits per heavy atom. The average molecular weight is 357 g/mol. The highest BCUT2D eigenvalue weighted by molar-refractivity contribution is 7.18. The highest BCUT2D eigenvalue weighted by Crippen LogP contribution is 2.34. The Hall–Kier alpha value is -1.91. The normalized spacial score (nSPS) is 15.8. The van der Waals surface area contributed by atoms with Gasteiger partial charge in [-0.05, 0) is 37.1 Å². The molecule has 3 nitrogen and oxygen atoms in total. The van der Waals surface area contributed by atoms with Crippen LogP contribution in [0.1, 0.15) is 34.1 Å². The average Bonchev–Trinajstić information content (AvgIpc) is 3.06. The van der Waals surface area contributed by atoms with Crippen molar-refractivity contribution in [3.63, 3.8) is 0 Å². The third-order valence-corrected chi connectivity index (χ3v) is 6.07. The number of hydrogen-bond donors (Lipinski definition) is 0. The van der Waals surface area contributed by atoms with Crippen molar-refractivity contribution in [1.82, 2.24) is 9.88 Å². The quantitative estimate of drug-likeness (QED) is 0.649. The van der Waals surface area contributed by atoms with Crippen LogP contribution in [0.2, 0.25) is 5.02 Å². The van der Waals surface area contributed by atoms with Crippen LogP contribution < -0.4 is 0 Å². The van der Waals surface area contributed by atoms with Gasteiger partial charge in [0.2, 0.25) is 0 Å². The van der Waals surface area contributed by atoms with E-state index in [2.05, 4.69) is 18.2 Å². The number of benzene rings is 2. The number of carbonyl (C=O) groups excluding carboxylic acids is 1. The van der Waals surface area contributed by atoms with Gasteiger partial charge in [0.15, 0.2) is 0 Å². The number of nitrogens with zero attached hydrogens (tertiary/aromatic N) is 2. The van der Waals surface area contributed by atoms with Gasteiger partial charge in [-0.1, -0.05) is 35.9 Å². The Kier molecular flexibility index (Phi) is 4.25. The summed E-state index contributed by atoms with van der Waals surface area (Å²) < 4.78 is 1.24. The molecular formula is C19H17ClN2OS. The minimum absolute atomic E-state index is 0.0309. The molecule has 2 heterocycles. The zero-order valence-corrected chi connectivity index (χ0v) is 14.7. The molecule has 1 aliphatic rings. The van der Waals surface area contributed by atoms with Crippen LogP contribution >= 0.6 is 22.9 Å². The lowest BCUT2D eigenvalue weighted by Crippen LogP contribution is -2.38. The van der Waals surface area contributed by atoms with Crippen LogP contribution in [0.15, 0.2) is 48.5 Å². The molecule has 0 saturated carbocycles. The van der Waals surface area contributed by atoms with Crippen molar-refractivity contribution in [2.24, 2.45) is 0 Å². The number of fused-ring (bicyclic) bond motifs is 1. The molecule has 1 aliphatic heterocycles. The lowest BCUT2D eigenvalue weighted by molar-refractivity contribution is 0.0713. The van der Waals surface area contributed by atoms with Crippen LogP contribution in [-0.2, 0) is 0 Å². The fraction of sp³-hybridized carbons (Fsp3) is 0.263. The first-order valence-electron chi connectivity index (χ1n) is 8.11. The summed E-state index contributed by atoms with van der Waals surface area (Å²) in [7, 11) is 0. The zero-order chi connectivity index (χ0) is 16.5. The second-order valence-electron chi connectivity index (χ2n) is 6.07. The number of thiazole rings is 1. The Morgan fingerprint density at radius 3 is 2.54 bits per heavy atom. The van der Waals surface area contributed by atoms with E-state index >= 15 is 0 Å². The van der Waals surface area contributed by atoms with E-state index in [1.807, 2.05) is 23.1 Å². The molecule has 122 valence electrons. The van der Waals surface area contributed by atoms with Crippen LogP contribution in [0.3, 0.4) is 0 Å². The number of halogens is 1. The summed E-state index contributed by atoms with van der Waals surface area (Å²) >= 11 is 7.93. The van der Waals surface area contributed by atoms with E-state index in [-0.39, 0.29) is 5.91 Å². The molecule has 0 bridgehead atoms. The number of amides is 1. The van der Waals surface area contributed by atoms with Gasteiger partial charge in [0.25, 0.3) is 5.91 Å². The predicted molar refractivity (Wildman–Crippen MR) is 99.0 cm³/mol. The summed E-state index contributed by atoms with van der Waals surface area (Å²) in [6.07, 6.45) is 1.91. The summed E-state index contributed by atoms with van der Waals surface area (Å²) in [4.78, 5) is 19.3. The molecule has 3 aromatic rings. The number of hydrogen-bond acceptors (Lipinski definition) is 3. The van der Waals surface area contributed by atoms with Gasteiger partial charge in [-0.3, -0.25) is 4.79 Å². The molecule has 0 radical (unpaired) electrons. The van der Waals surface area contributed by atoms with Gasteiger partial charge in [-0.2, -0.15) is 0 Å². The number of piperidine rings is 1. The molecule has 0 aliphatic carbocycles. The summed E-state index contributed by atoms with van der Waals surface area (Å²) in [6, 6.07) is 15.5. The van der Waals surface area contributed by atoms with Crippen molar-refractivity contribution in [2.75, 3.05) is 13.1 Å². The van der Waals surface area contributed by atoms with E-state index in [0.717, 1.165) is 31.4 Å². The SMILES string of the molecule is O=C(c1ccccc1Cl)N1CCC(c2nc3ccccc3s2)CC1. The number of para-hydroxylation sites is 1. The molecule has 2 aromatic carbocycles. The van der Waals surface area contributed by atoms with Crippen LogP contribution in [0.5, 0.6) is 0 Å². The van der Waals surface area contributed by atoms with E-state index in [4.69, 9.17) is 16.6 Å². The van der Waals surface area contributed by atoms with Crippen molar-refractivity contribution < 1.29 is 4.79 Å². The number of carbonyl (C=O) groups is 1. The van der Waals surface area contributed by atoms with Gasteiger partial charge in [0, 0.05) is 19.0 Å². The van der Waals surface area contributed by atoms with Crippen molar-refractivity contribution in [3.8, 4) is 0 Å². The Balaban J connectivity index is 1.47. The van der Waals surface area contributed by atoms with Gasteiger partial charge >= 0.3 is 0 Å². The van der Waals surface area contributed by atoms with Crippen molar-refractivity contribution >= 4 is 39.1 Å². The van der Waals surface area contributed by atoms with Gasteiger partial charge in [-0.15, -0.1) is 11.3 Å². The van der Waals surface area contributed by atoms with Crippen molar-refractivity contribution in [1.29, 1.82) is 0 Å². The number of rotatable bonds is 2. The molecule has 0 N–H and O–H groups in total. The lowest BCUT2D eigenvalue weighted by Gasteiger charge is -2.31. The monoisotopic (exact) mass is 356 g/mol. The third-order valence-electron chi connectivity index (χ3n) is 4.55. The fourth-order valence-corrected chi connectivity index (χ4v) is 4.55. The molecule has 0 spiro atoms. The molecule has 1 aromatic heterocycles.